The van der Waals surface area contributed by atoms with Crippen molar-refractivity contribution in [3.63, 3.8) is 0 Å². The predicted octanol–water partition coefficient (Wildman–Crippen LogP) is 1.54. The average molecular weight is 366 g/mol. The topological polar surface area (TPSA) is 70.7 Å². The number of benzene rings is 1. The molecule has 0 aromatic heterocycles. The molecule has 2 N–H and O–H groups in total. The van der Waals surface area contributed by atoms with Gasteiger partial charge in [-0.05, 0) is 18.2 Å². The van der Waals surface area contributed by atoms with E-state index in [1.807, 2.05) is 10.9 Å². The number of amides is 2. The number of nitrogens with one attached hydrogen (secondary N) is 2. The fourth-order valence-electron chi connectivity index (χ4n) is 2.22. The van der Waals surface area contributed by atoms with Gasteiger partial charge in [-0.2, -0.15) is 13.2 Å². The first-order valence-electron chi connectivity index (χ1n) is 7.02. The molecule has 0 spiro atoms. The molecule has 0 bridgehead atoms. The zero-order valence-electron chi connectivity index (χ0n) is 12.5. The highest BCUT2D eigenvalue weighted by molar-refractivity contribution is 6.27. The van der Waals surface area contributed by atoms with E-state index in [1.54, 1.807) is 4.90 Å². The van der Waals surface area contributed by atoms with Crippen molar-refractivity contribution < 1.29 is 27.5 Å². The Morgan fingerprint density at radius 3 is 2.46 bits per heavy atom. The van der Waals surface area contributed by atoms with Gasteiger partial charge in [0, 0.05) is 24.3 Å². The van der Waals surface area contributed by atoms with Crippen LogP contribution in [0.1, 0.15) is 15.9 Å². The number of hydrogen-bond acceptors (Lipinski definition) is 4. The van der Waals surface area contributed by atoms with Gasteiger partial charge in [-0.25, -0.2) is 0 Å². The quantitative estimate of drug-likeness (QED) is 0.630. The van der Waals surface area contributed by atoms with Crippen molar-refractivity contribution in [2.45, 2.75) is 6.18 Å². The van der Waals surface area contributed by atoms with Crippen molar-refractivity contribution >= 4 is 29.1 Å². The summed E-state index contributed by atoms with van der Waals surface area (Å²) < 4.78 is 45.2. The van der Waals surface area contributed by atoms with Gasteiger partial charge < -0.3 is 9.64 Å². The number of anilines is 1. The Labute approximate surface area is 140 Å². The van der Waals surface area contributed by atoms with Gasteiger partial charge in [0.05, 0.1) is 18.8 Å². The summed E-state index contributed by atoms with van der Waals surface area (Å²) in [5.41, 5.74) is 2.84. The summed E-state index contributed by atoms with van der Waals surface area (Å²) in [5.74, 6) is -1.93. The van der Waals surface area contributed by atoms with Gasteiger partial charge in [0.2, 0.25) is 0 Å². The van der Waals surface area contributed by atoms with Crippen molar-refractivity contribution in [1.29, 1.82) is 0 Å². The normalized spacial score (nSPS) is 15.1. The van der Waals surface area contributed by atoms with Crippen LogP contribution in [0.3, 0.4) is 0 Å². The first kappa shape index (κ1) is 18.3. The number of nitrogens with zero attached hydrogens (tertiary/aromatic N) is 1. The fourth-order valence-corrected chi connectivity index (χ4v) is 2.28. The molecule has 24 heavy (non-hydrogen) atoms. The molecule has 0 saturated carbocycles. The lowest BCUT2D eigenvalue weighted by Crippen LogP contribution is -2.42. The number of ether oxygens (including phenoxy) is 1. The first-order chi connectivity index (χ1) is 11.3. The van der Waals surface area contributed by atoms with E-state index in [-0.39, 0.29) is 17.1 Å². The molecule has 2 amide bonds. The number of morpholine rings is 1. The molecule has 0 radical (unpaired) electrons. The molecular formula is C14H15ClF3N3O3. The highest BCUT2D eigenvalue weighted by Gasteiger charge is 2.36. The van der Waals surface area contributed by atoms with Crippen LogP contribution in [0.5, 0.6) is 0 Å². The Morgan fingerprint density at radius 2 is 1.88 bits per heavy atom. The van der Waals surface area contributed by atoms with E-state index in [9.17, 15) is 22.8 Å². The maximum atomic E-state index is 13.3. The minimum absolute atomic E-state index is 0.00727. The second-order valence-corrected chi connectivity index (χ2v) is 5.23. The molecule has 0 aliphatic carbocycles. The molecule has 2 rings (SSSR count). The molecule has 1 heterocycles. The number of alkyl halides is 4. The molecule has 1 aromatic rings. The van der Waals surface area contributed by atoms with E-state index in [2.05, 4.69) is 0 Å². The van der Waals surface area contributed by atoms with Crippen molar-refractivity contribution in [1.82, 2.24) is 10.9 Å². The van der Waals surface area contributed by atoms with Crippen LogP contribution >= 0.6 is 11.6 Å². The summed E-state index contributed by atoms with van der Waals surface area (Å²) in [6.07, 6.45) is -4.62. The van der Waals surface area contributed by atoms with Crippen LogP contribution < -0.4 is 15.8 Å². The lowest BCUT2D eigenvalue weighted by Gasteiger charge is -2.31. The first-order valence-corrected chi connectivity index (χ1v) is 7.55. The lowest BCUT2D eigenvalue weighted by atomic mass is 10.1. The van der Waals surface area contributed by atoms with E-state index in [0.717, 1.165) is 6.07 Å². The molecule has 0 atom stereocenters. The molecule has 1 saturated heterocycles. The second kappa shape index (κ2) is 7.71. The lowest BCUT2D eigenvalue weighted by molar-refractivity contribution is -0.137. The maximum Gasteiger partial charge on any atom is 0.418 e. The van der Waals surface area contributed by atoms with Crippen LogP contribution in [0.4, 0.5) is 18.9 Å². The molecule has 1 aromatic carbocycles. The highest BCUT2D eigenvalue weighted by Crippen LogP contribution is 2.37. The Balaban J connectivity index is 2.26. The molecule has 1 fully saturated rings. The van der Waals surface area contributed by atoms with Gasteiger partial charge in [-0.15, -0.1) is 11.6 Å². The summed E-state index contributed by atoms with van der Waals surface area (Å²) >= 11 is 5.25. The number of hydrazine groups is 1. The fraction of sp³-hybridized carbons (Fsp3) is 0.429. The Hall–Kier alpha value is -2.00. The molecule has 132 valence electrons. The smallest absolute Gasteiger partial charge is 0.378 e. The van der Waals surface area contributed by atoms with Gasteiger partial charge in [0.15, 0.2) is 0 Å². The van der Waals surface area contributed by atoms with E-state index < -0.39 is 23.6 Å². The SMILES string of the molecule is O=C(CCl)NNC(=O)c1ccc(N2CCOCC2)c(C(F)(F)F)c1. The summed E-state index contributed by atoms with van der Waals surface area (Å²) in [7, 11) is 0. The molecule has 10 heteroatoms. The molecule has 1 aliphatic heterocycles. The number of carbonyl (C=O) groups excluding carboxylic acids is 2. The van der Waals surface area contributed by atoms with Crippen LogP contribution in [0, 0.1) is 0 Å². The monoisotopic (exact) mass is 365 g/mol. The standard InChI is InChI=1S/C14H15ClF3N3O3/c15-8-12(22)19-20-13(23)9-1-2-11(10(7-9)14(16,17)18)21-3-5-24-6-4-21/h1-2,7H,3-6,8H2,(H,19,22)(H,20,23). The second-order valence-electron chi connectivity index (χ2n) is 4.97. The molecular weight excluding hydrogens is 351 g/mol. The van der Waals surface area contributed by atoms with E-state index in [4.69, 9.17) is 16.3 Å². The zero-order valence-corrected chi connectivity index (χ0v) is 13.2. The molecule has 0 unspecified atom stereocenters. The number of carbonyl (C=O) groups is 2. The van der Waals surface area contributed by atoms with Crippen molar-refractivity contribution in [2.24, 2.45) is 0 Å². The third-order valence-electron chi connectivity index (χ3n) is 3.35. The molecule has 6 nitrogen and oxygen atoms in total. The minimum Gasteiger partial charge on any atom is -0.378 e. The van der Waals surface area contributed by atoms with Gasteiger partial charge >= 0.3 is 6.18 Å². The van der Waals surface area contributed by atoms with Gasteiger partial charge in [0.25, 0.3) is 11.8 Å². The van der Waals surface area contributed by atoms with Crippen LogP contribution in [-0.4, -0.2) is 44.0 Å². The van der Waals surface area contributed by atoms with Gasteiger partial charge in [-0.3, -0.25) is 20.4 Å². The Bertz CT molecular complexity index is 619. The number of halogens is 4. The van der Waals surface area contributed by atoms with Crippen LogP contribution in [0.15, 0.2) is 18.2 Å². The summed E-state index contributed by atoms with van der Waals surface area (Å²) in [4.78, 5) is 24.4. The number of rotatable bonds is 3. The maximum absolute atomic E-state index is 13.3. The Kier molecular flexibility index (Phi) is 5.89. The van der Waals surface area contributed by atoms with Gasteiger partial charge in [-0.1, -0.05) is 0 Å². The summed E-state index contributed by atoms with van der Waals surface area (Å²) in [6, 6.07) is 3.27. The van der Waals surface area contributed by atoms with Crippen LogP contribution in [-0.2, 0) is 15.7 Å². The number of hydrogen-bond donors (Lipinski definition) is 2. The van der Waals surface area contributed by atoms with Crippen molar-refractivity contribution in [2.75, 3.05) is 37.1 Å². The van der Waals surface area contributed by atoms with E-state index in [1.165, 1.54) is 12.1 Å². The van der Waals surface area contributed by atoms with Gasteiger partial charge in [0.1, 0.15) is 5.88 Å². The van der Waals surface area contributed by atoms with Crippen molar-refractivity contribution in [3.8, 4) is 0 Å². The third kappa shape index (κ3) is 4.51. The minimum atomic E-state index is -4.62. The Morgan fingerprint density at radius 1 is 1.21 bits per heavy atom. The average Bonchev–Trinajstić information content (AvgIpc) is 2.58. The summed E-state index contributed by atoms with van der Waals surface area (Å²) in [6.45, 7) is 1.34. The van der Waals surface area contributed by atoms with E-state index in [0.29, 0.717) is 26.3 Å². The van der Waals surface area contributed by atoms with Crippen LogP contribution in [0.2, 0.25) is 0 Å². The summed E-state index contributed by atoms with van der Waals surface area (Å²) in [5, 5.41) is 0. The van der Waals surface area contributed by atoms with Crippen molar-refractivity contribution in [3.05, 3.63) is 29.3 Å². The van der Waals surface area contributed by atoms with E-state index >= 15 is 0 Å². The largest absolute Gasteiger partial charge is 0.418 e. The predicted molar refractivity (Wildman–Crippen MR) is 80.8 cm³/mol. The zero-order chi connectivity index (χ0) is 17.7. The van der Waals surface area contributed by atoms with Crippen LogP contribution in [0.25, 0.3) is 0 Å². The third-order valence-corrected chi connectivity index (χ3v) is 3.60. The highest BCUT2D eigenvalue weighted by atomic mass is 35.5. The molecule has 1 aliphatic rings.